The average Bonchev–Trinajstić information content (AvgIpc) is 2.82. The fourth-order valence-corrected chi connectivity index (χ4v) is 2.88. The molecule has 0 aliphatic heterocycles. The molecule has 0 heterocycles. The van der Waals surface area contributed by atoms with Crippen molar-refractivity contribution >= 4 is 23.5 Å². The summed E-state index contributed by atoms with van der Waals surface area (Å²) in [5, 5.41) is 10.9. The number of ether oxygens (including phenoxy) is 3. The van der Waals surface area contributed by atoms with Gasteiger partial charge in [-0.25, -0.2) is 4.79 Å². The number of methoxy groups -OCH3 is 2. The highest BCUT2D eigenvalue weighted by Gasteiger charge is 2.15. The molecule has 0 unspecified atom stereocenters. The van der Waals surface area contributed by atoms with Gasteiger partial charge < -0.3 is 14.2 Å². The molecule has 162 valence electrons. The van der Waals surface area contributed by atoms with Crippen molar-refractivity contribution in [3.8, 4) is 17.2 Å². The predicted molar refractivity (Wildman–Crippen MR) is 117 cm³/mol. The van der Waals surface area contributed by atoms with E-state index in [0.717, 1.165) is 6.07 Å². The van der Waals surface area contributed by atoms with Gasteiger partial charge in [0.25, 0.3) is 5.69 Å². The second-order valence-corrected chi connectivity index (χ2v) is 6.50. The van der Waals surface area contributed by atoms with Crippen LogP contribution in [0.5, 0.6) is 17.2 Å². The molecule has 0 aromatic heterocycles. The van der Waals surface area contributed by atoms with Crippen LogP contribution in [0.2, 0.25) is 0 Å². The van der Waals surface area contributed by atoms with Crippen LogP contribution in [0.3, 0.4) is 0 Å². The van der Waals surface area contributed by atoms with Gasteiger partial charge in [-0.05, 0) is 42.5 Å². The summed E-state index contributed by atoms with van der Waals surface area (Å²) in [6.07, 6.45) is 2.84. The Bertz CT molecular complexity index is 1200. The third-order valence-corrected chi connectivity index (χ3v) is 4.50. The molecular formula is C24H19NO7. The fourth-order valence-electron chi connectivity index (χ4n) is 2.88. The van der Waals surface area contributed by atoms with Gasteiger partial charge in [-0.3, -0.25) is 14.9 Å². The Morgan fingerprint density at radius 1 is 0.906 bits per heavy atom. The van der Waals surface area contributed by atoms with Crippen LogP contribution in [0.1, 0.15) is 26.3 Å². The molecule has 0 saturated heterocycles. The van der Waals surface area contributed by atoms with Crippen molar-refractivity contribution in [2.75, 3.05) is 14.2 Å². The summed E-state index contributed by atoms with van der Waals surface area (Å²) in [5.74, 6) is 0.0150. The Hall–Kier alpha value is -4.46. The van der Waals surface area contributed by atoms with Gasteiger partial charge in [-0.2, -0.15) is 0 Å². The van der Waals surface area contributed by atoms with E-state index in [1.54, 1.807) is 42.5 Å². The summed E-state index contributed by atoms with van der Waals surface area (Å²) < 4.78 is 15.8. The molecule has 3 aromatic carbocycles. The quantitative estimate of drug-likeness (QED) is 0.126. The lowest BCUT2D eigenvalue weighted by Crippen LogP contribution is -2.09. The number of esters is 1. The van der Waals surface area contributed by atoms with Crippen LogP contribution in [-0.2, 0) is 0 Å². The molecule has 0 saturated carbocycles. The average molecular weight is 433 g/mol. The fraction of sp³-hybridized carbons (Fsp3) is 0.0833. The van der Waals surface area contributed by atoms with Gasteiger partial charge in [0.05, 0.1) is 30.3 Å². The number of hydrogen-bond acceptors (Lipinski definition) is 7. The van der Waals surface area contributed by atoms with Crippen LogP contribution in [0.4, 0.5) is 5.69 Å². The van der Waals surface area contributed by atoms with Gasteiger partial charge in [0, 0.05) is 17.7 Å². The van der Waals surface area contributed by atoms with Gasteiger partial charge >= 0.3 is 5.97 Å². The van der Waals surface area contributed by atoms with E-state index in [-0.39, 0.29) is 22.8 Å². The van der Waals surface area contributed by atoms with Crippen LogP contribution in [0.25, 0.3) is 6.08 Å². The summed E-state index contributed by atoms with van der Waals surface area (Å²) in [4.78, 5) is 35.6. The molecule has 0 radical (unpaired) electrons. The van der Waals surface area contributed by atoms with Crippen LogP contribution in [0.15, 0.2) is 72.8 Å². The third-order valence-electron chi connectivity index (χ3n) is 4.50. The second-order valence-electron chi connectivity index (χ2n) is 6.50. The number of nitro groups is 1. The summed E-state index contributed by atoms with van der Waals surface area (Å²) in [6.45, 7) is 0. The molecule has 0 N–H and O–H groups in total. The van der Waals surface area contributed by atoms with Gasteiger partial charge in [0.1, 0.15) is 17.2 Å². The number of rotatable bonds is 8. The van der Waals surface area contributed by atoms with Gasteiger partial charge in [-0.1, -0.05) is 24.3 Å². The number of hydrogen-bond donors (Lipinski definition) is 0. The van der Waals surface area contributed by atoms with Crippen molar-refractivity contribution in [2.24, 2.45) is 0 Å². The number of nitrogens with zero attached hydrogens (tertiary/aromatic N) is 1. The zero-order valence-corrected chi connectivity index (χ0v) is 17.3. The number of non-ortho nitro benzene ring substituents is 1. The summed E-state index contributed by atoms with van der Waals surface area (Å²) >= 11 is 0. The molecule has 8 heteroatoms. The molecule has 3 rings (SSSR count). The number of benzene rings is 3. The molecule has 0 fully saturated rings. The minimum Gasteiger partial charge on any atom is -0.497 e. The van der Waals surface area contributed by atoms with E-state index in [1.165, 1.54) is 44.6 Å². The van der Waals surface area contributed by atoms with Crippen LogP contribution < -0.4 is 14.2 Å². The first-order valence-electron chi connectivity index (χ1n) is 9.43. The smallest absolute Gasteiger partial charge is 0.343 e. The third kappa shape index (κ3) is 5.17. The summed E-state index contributed by atoms with van der Waals surface area (Å²) in [6, 6.07) is 16.8. The molecule has 0 spiro atoms. The normalized spacial score (nSPS) is 10.6. The number of carbonyl (C=O) groups is 2. The molecule has 32 heavy (non-hydrogen) atoms. The van der Waals surface area contributed by atoms with E-state index >= 15 is 0 Å². The standard InChI is InChI=1S/C24H19NO7/c1-30-19-11-13-23(31-2)20(15-19)21(26)12-10-16-6-3-4-9-22(16)32-24(27)17-7-5-8-18(14-17)25(28)29/h3-15H,1-2H3/b12-10+. The molecule has 3 aromatic rings. The van der Waals surface area contributed by atoms with E-state index in [4.69, 9.17) is 14.2 Å². The van der Waals surface area contributed by atoms with Crippen molar-refractivity contribution in [1.82, 2.24) is 0 Å². The first-order valence-corrected chi connectivity index (χ1v) is 9.43. The van der Waals surface area contributed by atoms with E-state index in [9.17, 15) is 19.7 Å². The number of para-hydroxylation sites is 1. The molecule has 0 aliphatic rings. The maximum Gasteiger partial charge on any atom is 0.343 e. The first-order chi connectivity index (χ1) is 15.4. The van der Waals surface area contributed by atoms with Crippen molar-refractivity contribution in [3.05, 3.63) is 99.6 Å². The lowest BCUT2D eigenvalue weighted by molar-refractivity contribution is -0.384. The summed E-state index contributed by atoms with van der Waals surface area (Å²) in [5.41, 5.74) is 0.608. The van der Waals surface area contributed by atoms with Gasteiger partial charge in [0.2, 0.25) is 0 Å². The van der Waals surface area contributed by atoms with Crippen molar-refractivity contribution in [1.29, 1.82) is 0 Å². The second kappa shape index (κ2) is 10.0. The van der Waals surface area contributed by atoms with Gasteiger partial charge in [0.15, 0.2) is 5.78 Å². The lowest BCUT2D eigenvalue weighted by atomic mass is 10.1. The molecule has 8 nitrogen and oxygen atoms in total. The maximum atomic E-state index is 12.7. The van der Waals surface area contributed by atoms with Crippen molar-refractivity contribution in [3.63, 3.8) is 0 Å². The Morgan fingerprint density at radius 2 is 1.69 bits per heavy atom. The molecular weight excluding hydrogens is 414 g/mol. The number of allylic oxidation sites excluding steroid dienone is 1. The summed E-state index contributed by atoms with van der Waals surface area (Å²) in [7, 11) is 2.96. The van der Waals surface area contributed by atoms with Crippen LogP contribution in [-0.4, -0.2) is 30.9 Å². The number of ketones is 1. The van der Waals surface area contributed by atoms with E-state index in [2.05, 4.69) is 0 Å². The Balaban J connectivity index is 1.84. The monoisotopic (exact) mass is 433 g/mol. The molecule has 0 bridgehead atoms. The molecule has 0 aliphatic carbocycles. The highest BCUT2D eigenvalue weighted by molar-refractivity contribution is 6.09. The first kappa shape index (κ1) is 22.2. The van der Waals surface area contributed by atoms with Crippen molar-refractivity contribution < 1.29 is 28.7 Å². The molecule has 0 amide bonds. The van der Waals surface area contributed by atoms with E-state index in [1.807, 2.05) is 0 Å². The maximum absolute atomic E-state index is 12.7. The predicted octanol–water partition coefficient (Wildman–Crippen LogP) is 4.73. The minimum absolute atomic E-state index is 0.0372. The zero-order valence-electron chi connectivity index (χ0n) is 17.3. The highest BCUT2D eigenvalue weighted by Crippen LogP contribution is 2.26. The SMILES string of the molecule is COc1ccc(OC)c(C(=O)/C=C/c2ccccc2OC(=O)c2cccc([N+](=O)[O-])c2)c1. The Labute approximate surface area is 183 Å². The van der Waals surface area contributed by atoms with E-state index in [0.29, 0.717) is 22.6 Å². The Morgan fingerprint density at radius 3 is 2.41 bits per heavy atom. The minimum atomic E-state index is -0.754. The Kier molecular flexibility index (Phi) is 6.97. The van der Waals surface area contributed by atoms with Gasteiger partial charge in [-0.15, -0.1) is 0 Å². The lowest BCUT2D eigenvalue weighted by Gasteiger charge is -2.09. The molecule has 0 atom stereocenters. The van der Waals surface area contributed by atoms with E-state index < -0.39 is 10.9 Å². The highest BCUT2D eigenvalue weighted by atomic mass is 16.6. The van der Waals surface area contributed by atoms with Crippen LogP contribution >= 0.6 is 0 Å². The topological polar surface area (TPSA) is 105 Å². The van der Waals surface area contributed by atoms with Crippen LogP contribution in [0, 0.1) is 10.1 Å². The largest absolute Gasteiger partial charge is 0.497 e. The number of carbonyl (C=O) groups excluding carboxylic acids is 2. The number of nitro benzene ring substituents is 1. The zero-order chi connectivity index (χ0) is 23.1. The van der Waals surface area contributed by atoms with Crippen molar-refractivity contribution in [2.45, 2.75) is 0 Å².